The molecular formula is C16H22ClN3. The molecule has 0 aliphatic rings. The first-order valence-corrected chi connectivity index (χ1v) is 7.55. The highest BCUT2D eigenvalue weighted by Gasteiger charge is 2.16. The summed E-state index contributed by atoms with van der Waals surface area (Å²) in [6.45, 7) is 8.13. The van der Waals surface area contributed by atoms with E-state index in [0.717, 1.165) is 30.1 Å². The molecule has 0 amide bonds. The van der Waals surface area contributed by atoms with Gasteiger partial charge >= 0.3 is 0 Å². The standard InChI is InChI=1S/C16H22ClN3/c1-4-8-18-16(14-10-19-20(5-2)11-14)13-7-6-12(3)15(17)9-13/h6-7,9-11,16,18H,4-5,8H2,1-3H3. The third kappa shape index (κ3) is 3.41. The molecule has 20 heavy (non-hydrogen) atoms. The molecule has 1 heterocycles. The van der Waals surface area contributed by atoms with Gasteiger partial charge in [0.15, 0.2) is 0 Å². The molecule has 1 aromatic carbocycles. The van der Waals surface area contributed by atoms with Gasteiger partial charge in [-0.2, -0.15) is 5.10 Å². The van der Waals surface area contributed by atoms with Crippen LogP contribution in [-0.4, -0.2) is 16.3 Å². The quantitative estimate of drug-likeness (QED) is 0.873. The highest BCUT2D eigenvalue weighted by Crippen LogP contribution is 2.26. The van der Waals surface area contributed by atoms with Crippen molar-refractivity contribution in [1.29, 1.82) is 0 Å². The van der Waals surface area contributed by atoms with Crippen LogP contribution >= 0.6 is 11.6 Å². The summed E-state index contributed by atoms with van der Waals surface area (Å²) in [5.74, 6) is 0. The molecule has 0 aliphatic heterocycles. The maximum Gasteiger partial charge on any atom is 0.0608 e. The first-order valence-electron chi connectivity index (χ1n) is 7.17. The Morgan fingerprint density at radius 3 is 2.70 bits per heavy atom. The van der Waals surface area contributed by atoms with Crippen LogP contribution in [0.5, 0.6) is 0 Å². The van der Waals surface area contributed by atoms with Gasteiger partial charge in [0.25, 0.3) is 0 Å². The van der Waals surface area contributed by atoms with Gasteiger partial charge in [0.1, 0.15) is 0 Å². The number of nitrogens with one attached hydrogen (secondary N) is 1. The van der Waals surface area contributed by atoms with Gasteiger partial charge in [-0.3, -0.25) is 4.68 Å². The Labute approximate surface area is 126 Å². The molecule has 4 heteroatoms. The molecule has 2 rings (SSSR count). The molecule has 1 N–H and O–H groups in total. The molecule has 0 saturated heterocycles. The molecule has 0 fully saturated rings. The van der Waals surface area contributed by atoms with Crippen molar-refractivity contribution in [3.63, 3.8) is 0 Å². The molecular weight excluding hydrogens is 270 g/mol. The fraction of sp³-hybridized carbons (Fsp3) is 0.438. The van der Waals surface area contributed by atoms with Gasteiger partial charge in [-0.25, -0.2) is 0 Å². The van der Waals surface area contributed by atoms with Crippen LogP contribution < -0.4 is 5.32 Å². The Kier molecular flexibility index (Phi) is 5.21. The SMILES string of the molecule is CCCNC(c1ccc(C)c(Cl)c1)c1cnn(CC)c1. The van der Waals surface area contributed by atoms with Crippen LogP contribution in [0.2, 0.25) is 5.02 Å². The number of aromatic nitrogens is 2. The summed E-state index contributed by atoms with van der Waals surface area (Å²) in [5.41, 5.74) is 3.47. The Morgan fingerprint density at radius 1 is 1.30 bits per heavy atom. The summed E-state index contributed by atoms with van der Waals surface area (Å²) in [7, 11) is 0. The largest absolute Gasteiger partial charge is 0.306 e. The Bertz CT molecular complexity index is 563. The van der Waals surface area contributed by atoms with E-state index in [0.29, 0.717) is 0 Å². The number of aryl methyl sites for hydroxylation is 2. The number of hydrogen-bond donors (Lipinski definition) is 1. The predicted octanol–water partition coefficient (Wildman–Crippen LogP) is 3.95. The van der Waals surface area contributed by atoms with Gasteiger partial charge in [0.05, 0.1) is 12.2 Å². The second-order valence-electron chi connectivity index (χ2n) is 5.03. The fourth-order valence-electron chi connectivity index (χ4n) is 2.21. The van der Waals surface area contributed by atoms with Gasteiger partial charge in [0.2, 0.25) is 0 Å². The second-order valence-corrected chi connectivity index (χ2v) is 5.43. The molecule has 108 valence electrons. The average molecular weight is 292 g/mol. The second kappa shape index (κ2) is 6.91. The number of benzene rings is 1. The van der Waals surface area contributed by atoms with Crippen LogP contribution in [0, 0.1) is 6.92 Å². The number of rotatable bonds is 6. The molecule has 0 aliphatic carbocycles. The highest BCUT2D eigenvalue weighted by molar-refractivity contribution is 6.31. The lowest BCUT2D eigenvalue weighted by Gasteiger charge is -2.18. The van der Waals surface area contributed by atoms with Crippen LogP contribution in [0.1, 0.15) is 43.0 Å². The third-order valence-corrected chi connectivity index (χ3v) is 3.85. The van der Waals surface area contributed by atoms with E-state index in [2.05, 4.69) is 42.6 Å². The highest BCUT2D eigenvalue weighted by atomic mass is 35.5. The topological polar surface area (TPSA) is 29.9 Å². The molecule has 0 radical (unpaired) electrons. The van der Waals surface area contributed by atoms with Crippen molar-refractivity contribution in [2.45, 2.75) is 39.8 Å². The normalized spacial score (nSPS) is 12.6. The zero-order valence-corrected chi connectivity index (χ0v) is 13.1. The van der Waals surface area contributed by atoms with Crippen molar-refractivity contribution in [1.82, 2.24) is 15.1 Å². The third-order valence-electron chi connectivity index (χ3n) is 3.44. The van der Waals surface area contributed by atoms with E-state index in [1.807, 2.05) is 23.9 Å². The fourth-order valence-corrected chi connectivity index (χ4v) is 2.40. The maximum atomic E-state index is 6.26. The molecule has 1 unspecified atom stereocenters. The van der Waals surface area contributed by atoms with Gasteiger partial charge < -0.3 is 5.32 Å². The summed E-state index contributed by atoms with van der Waals surface area (Å²) in [6, 6.07) is 6.40. The summed E-state index contributed by atoms with van der Waals surface area (Å²) in [5, 5.41) is 8.76. The maximum absolute atomic E-state index is 6.26. The van der Waals surface area contributed by atoms with Gasteiger partial charge in [-0.1, -0.05) is 30.7 Å². The van der Waals surface area contributed by atoms with Crippen LogP contribution in [0.15, 0.2) is 30.6 Å². The van der Waals surface area contributed by atoms with Crippen LogP contribution in [0.3, 0.4) is 0 Å². The molecule has 1 aromatic heterocycles. The van der Waals surface area contributed by atoms with E-state index in [-0.39, 0.29) is 6.04 Å². The number of halogens is 1. The van der Waals surface area contributed by atoms with E-state index in [1.54, 1.807) is 0 Å². The van der Waals surface area contributed by atoms with Crippen molar-refractivity contribution < 1.29 is 0 Å². The van der Waals surface area contributed by atoms with E-state index < -0.39 is 0 Å². The van der Waals surface area contributed by atoms with Crippen LogP contribution in [0.25, 0.3) is 0 Å². The van der Waals surface area contributed by atoms with E-state index >= 15 is 0 Å². The van der Waals surface area contributed by atoms with Gasteiger partial charge in [0, 0.05) is 23.3 Å². The monoisotopic (exact) mass is 291 g/mol. The average Bonchev–Trinajstić information content (AvgIpc) is 2.92. The minimum absolute atomic E-state index is 0.147. The molecule has 1 atom stereocenters. The van der Waals surface area contributed by atoms with Crippen LogP contribution in [0.4, 0.5) is 0 Å². The molecule has 2 aromatic rings. The lowest BCUT2D eigenvalue weighted by Crippen LogP contribution is -2.23. The minimum atomic E-state index is 0.147. The van der Waals surface area contributed by atoms with Crippen LogP contribution in [-0.2, 0) is 6.54 Å². The van der Waals surface area contributed by atoms with Crippen molar-refractivity contribution in [3.8, 4) is 0 Å². The lowest BCUT2D eigenvalue weighted by molar-refractivity contribution is 0.596. The number of nitrogens with zero attached hydrogens (tertiary/aromatic N) is 2. The summed E-state index contributed by atoms with van der Waals surface area (Å²) in [6.07, 6.45) is 5.13. The Morgan fingerprint density at radius 2 is 2.10 bits per heavy atom. The smallest absolute Gasteiger partial charge is 0.0608 e. The van der Waals surface area contributed by atoms with Gasteiger partial charge in [-0.05, 0) is 44.0 Å². The van der Waals surface area contributed by atoms with Crippen molar-refractivity contribution >= 4 is 11.6 Å². The summed E-state index contributed by atoms with van der Waals surface area (Å²) in [4.78, 5) is 0. The molecule has 0 saturated carbocycles. The van der Waals surface area contributed by atoms with E-state index in [1.165, 1.54) is 11.1 Å². The zero-order valence-electron chi connectivity index (χ0n) is 12.4. The van der Waals surface area contributed by atoms with Crippen molar-refractivity contribution in [3.05, 3.63) is 52.3 Å². The lowest BCUT2D eigenvalue weighted by atomic mass is 10.00. The minimum Gasteiger partial charge on any atom is -0.306 e. The van der Waals surface area contributed by atoms with Gasteiger partial charge in [-0.15, -0.1) is 0 Å². The summed E-state index contributed by atoms with van der Waals surface area (Å²) < 4.78 is 1.95. The molecule has 3 nitrogen and oxygen atoms in total. The first-order chi connectivity index (χ1) is 9.65. The summed E-state index contributed by atoms with van der Waals surface area (Å²) >= 11 is 6.26. The van der Waals surface area contributed by atoms with E-state index in [9.17, 15) is 0 Å². The van der Waals surface area contributed by atoms with Crippen molar-refractivity contribution in [2.75, 3.05) is 6.54 Å². The zero-order chi connectivity index (χ0) is 14.5. The Hall–Kier alpha value is -1.32. The predicted molar refractivity (Wildman–Crippen MR) is 84.2 cm³/mol. The Balaban J connectivity index is 2.32. The van der Waals surface area contributed by atoms with E-state index in [4.69, 9.17) is 11.6 Å². The first kappa shape index (κ1) is 15.1. The number of hydrogen-bond acceptors (Lipinski definition) is 2. The van der Waals surface area contributed by atoms with Crippen molar-refractivity contribution in [2.24, 2.45) is 0 Å². The molecule has 0 spiro atoms. The molecule has 0 bridgehead atoms.